The molecule has 2 atom stereocenters. The molecule has 1 saturated heterocycles. The monoisotopic (exact) mass is 350 g/mol. The summed E-state index contributed by atoms with van der Waals surface area (Å²) in [6, 6.07) is 9.12. The second-order valence-corrected chi connectivity index (χ2v) is 6.97. The first kappa shape index (κ1) is 19.1. The van der Waals surface area contributed by atoms with Crippen LogP contribution in [0.25, 0.3) is 0 Å². The molecule has 1 aliphatic rings. The molecule has 1 aromatic rings. The second kappa shape index (κ2) is 8.20. The Morgan fingerprint density at radius 2 is 1.88 bits per heavy atom. The van der Waals surface area contributed by atoms with Gasteiger partial charge in [-0.3, -0.25) is 0 Å². The Hall–Kier alpha value is -2.28. The van der Waals surface area contributed by atoms with Gasteiger partial charge in [0, 0.05) is 13.7 Å². The van der Waals surface area contributed by atoms with Gasteiger partial charge in [0.1, 0.15) is 12.2 Å². The van der Waals surface area contributed by atoms with Crippen molar-refractivity contribution in [2.75, 3.05) is 20.2 Å². The summed E-state index contributed by atoms with van der Waals surface area (Å²) in [4.78, 5) is 25.7. The van der Waals surface area contributed by atoms with Crippen LogP contribution in [0.5, 0.6) is 0 Å². The van der Waals surface area contributed by atoms with Crippen molar-refractivity contribution in [3.05, 3.63) is 35.9 Å². The number of nitrogens with zero attached hydrogens (tertiary/aromatic N) is 1. The molecule has 1 N–H and O–H groups in total. The number of methoxy groups -OCH3 is 1. The largest absolute Gasteiger partial charge is 0.445 e. The third-order valence-electron chi connectivity index (χ3n) is 3.73. The number of hydrogen-bond donors (Lipinski definition) is 1. The van der Waals surface area contributed by atoms with Crippen LogP contribution in [0.3, 0.4) is 0 Å². The van der Waals surface area contributed by atoms with E-state index in [-0.39, 0.29) is 18.8 Å². The maximum atomic E-state index is 12.2. The first-order chi connectivity index (χ1) is 11.8. The van der Waals surface area contributed by atoms with Crippen molar-refractivity contribution < 1.29 is 23.8 Å². The van der Waals surface area contributed by atoms with Gasteiger partial charge in [-0.15, -0.1) is 0 Å². The molecule has 0 bridgehead atoms. The molecule has 138 valence electrons. The summed E-state index contributed by atoms with van der Waals surface area (Å²) < 4.78 is 16.0. The molecule has 0 unspecified atom stereocenters. The number of ether oxygens (including phenoxy) is 3. The lowest BCUT2D eigenvalue weighted by Gasteiger charge is -2.23. The number of rotatable bonds is 4. The zero-order chi connectivity index (χ0) is 18.4. The topological polar surface area (TPSA) is 77.1 Å². The molecule has 0 aromatic heterocycles. The minimum atomic E-state index is -0.584. The molecular weight excluding hydrogens is 324 g/mol. The van der Waals surface area contributed by atoms with E-state index >= 15 is 0 Å². The minimum Gasteiger partial charge on any atom is -0.445 e. The normalized spacial score (nSPS) is 20.2. The van der Waals surface area contributed by atoms with Gasteiger partial charge in [-0.1, -0.05) is 30.3 Å². The zero-order valence-corrected chi connectivity index (χ0v) is 15.2. The van der Waals surface area contributed by atoms with Crippen LogP contribution in [-0.4, -0.2) is 55.0 Å². The SMILES string of the molecule is CO[C@@H]1CN(C(=O)OCc2ccccc2)C[C@@H]1NC(=O)OC(C)(C)C. The lowest BCUT2D eigenvalue weighted by atomic mass is 10.2. The summed E-state index contributed by atoms with van der Waals surface area (Å²) in [5, 5.41) is 2.76. The van der Waals surface area contributed by atoms with Crippen LogP contribution in [0.1, 0.15) is 26.3 Å². The number of alkyl carbamates (subject to hydrolysis) is 1. The van der Waals surface area contributed by atoms with Crippen LogP contribution in [0.4, 0.5) is 9.59 Å². The van der Waals surface area contributed by atoms with E-state index in [1.807, 2.05) is 30.3 Å². The van der Waals surface area contributed by atoms with Crippen LogP contribution in [-0.2, 0) is 20.8 Å². The number of benzene rings is 1. The molecule has 1 fully saturated rings. The van der Waals surface area contributed by atoms with Gasteiger partial charge in [0.25, 0.3) is 0 Å². The number of carbonyl (C=O) groups is 2. The van der Waals surface area contributed by atoms with Crippen LogP contribution < -0.4 is 5.32 Å². The summed E-state index contributed by atoms with van der Waals surface area (Å²) in [7, 11) is 1.55. The van der Waals surface area contributed by atoms with E-state index < -0.39 is 17.8 Å². The lowest BCUT2D eigenvalue weighted by Crippen LogP contribution is -2.45. The van der Waals surface area contributed by atoms with Gasteiger partial charge >= 0.3 is 12.2 Å². The van der Waals surface area contributed by atoms with Crippen molar-refractivity contribution in [2.24, 2.45) is 0 Å². The van der Waals surface area contributed by atoms with E-state index in [4.69, 9.17) is 14.2 Å². The first-order valence-electron chi connectivity index (χ1n) is 8.26. The van der Waals surface area contributed by atoms with Crippen molar-refractivity contribution in [2.45, 2.75) is 45.1 Å². The highest BCUT2D eigenvalue weighted by Crippen LogP contribution is 2.16. The van der Waals surface area contributed by atoms with E-state index in [1.54, 1.807) is 27.9 Å². The summed E-state index contributed by atoms with van der Waals surface area (Å²) in [6.45, 7) is 6.25. The standard InChI is InChI=1S/C18H26N2O5/c1-18(2,3)25-16(21)19-14-10-20(11-15(14)23-4)17(22)24-12-13-8-6-5-7-9-13/h5-9,14-15H,10-12H2,1-4H3,(H,19,21)/t14-,15+/m0/s1. The molecule has 2 amide bonds. The maximum absolute atomic E-state index is 12.2. The molecule has 25 heavy (non-hydrogen) atoms. The predicted molar refractivity (Wildman–Crippen MR) is 92.2 cm³/mol. The quantitative estimate of drug-likeness (QED) is 0.903. The Bertz CT molecular complexity index is 585. The number of amides is 2. The highest BCUT2D eigenvalue weighted by atomic mass is 16.6. The van der Waals surface area contributed by atoms with Gasteiger partial charge in [0.2, 0.25) is 0 Å². The molecule has 1 aliphatic heterocycles. The Balaban J connectivity index is 1.87. The Morgan fingerprint density at radius 3 is 2.48 bits per heavy atom. The average molecular weight is 350 g/mol. The van der Waals surface area contributed by atoms with Gasteiger partial charge in [-0.2, -0.15) is 0 Å². The van der Waals surface area contributed by atoms with Crippen molar-refractivity contribution in [3.63, 3.8) is 0 Å². The number of nitrogens with one attached hydrogen (secondary N) is 1. The molecular formula is C18H26N2O5. The molecule has 1 aromatic carbocycles. The highest BCUT2D eigenvalue weighted by molar-refractivity contribution is 5.70. The van der Waals surface area contributed by atoms with E-state index in [0.29, 0.717) is 13.1 Å². The van der Waals surface area contributed by atoms with E-state index in [1.165, 1.54) is 4.90 Å². The molecule has 7 nitrogen and oxygen atoms in total. The van der Waals surface area contributed by atoms with Gasteiger partial charge in [0.15, 0.2) is 0 Å². The molecule has 7 heteroatoms. The fourth-order valence-electron chi connectivity index (χ4n) is 2.57. The van der Waals surface area contributed by atoms with Gasteiger partial charge < -0.3 is 24.4 Å². The first-order valence-corrected chi connectivity index (χ1v) is 8.26. The highest BCUT2D eigenvalue weighted by Gasteiger charge is 2.37. The van der Waals surface area contributed by atoms with Crippen molar-refractivity contribution in [3.8, 4) is 0 Å². The van der Waals surface area contributed by atoms with E-state index in [9.17, 15) is 9.59 Å². The molecule has 2 rings (SSSR count). The third kappa shape index (κ3) is 5.94. The molecule has 0 spiro atoms. The lowest BCUT2D eigenvalue weighted by molar-refractivity contribution is 0.0415. The molecule has 0 radical (unpaired) electrons. The average Bonchev–Trinajstić information content (AvgIpc) is 2.94. The maximum Gasteiger partial charge on any atom is 0.410 e. The summed E-state index contributed by atoms with van der Waals surface area (Å²) in [6.07, 6.45) is -1.27. The zero-order valence-electron chi connectivity index (χ0n) is 15.2. The van der Waals surface area contributed by atoms with Crippen LogP contribution >= 0.6 is 0 Å². The van der Waals surface area contributed by atoms with E-state index in [2.05, 4.69) is 5.32 Å². The number of hydrogen-bond acceptors (Lipinski definition) is 5. The smallest absolute Gasteiger partial charge is 0.410 e. The van der Waals surface area contributed by atoms with Gasteiger partial charge in [0.05, 0.1) is 18.7 Å². The summed E-state index contributed by atoms with van der Waals surface area (Å²) in [5.74, 6) is 0. The van der Waals surface area contributed by atoms with Gasteiger partial charge in [-0.25, -0.2) is 9.59 Å². The van der Waals surface area contributed by atoms with Crippen molar-refractivity contribution in [1.29, 1.82) is 0 Å². The molecule has 0 saturated carbocycles. The number of carbonyl (C=O) groups excluding carboxylic acids is 2. The number of likely N-dealkylation sites (tertiary alicyclic amines) is 1. The summed E-state index contributed by atoms with van der Waals surface area (Å²) >= 11 is 0. The minimum absolute atomic E-state index is 0.206. The van der Waals surface area contributed by atoms with Crippen LogP contribution in [0.15, 0.2) is 30.3 Å². The van der Waals surface area contributed by atoms with Crippen LogP contribution in [0.2, 0.25) is 0 Å². The van der Waals surface area contributed by atoms with Crippen molar-refractivity contribution in [1.82, 2.24) is 10.2 Å². The second-order valence-electron chi connectivity index (χ2n) is 6.97. The molecule has 1 heterocycles. The summed E-state index contributed by atoms with van der Waals surface area (Å²) in [5.41, 5.74) is 0.335. The van der Waals surface area contributed by atoms with Gasteiger partial charge in [-0.05, 0) is 26.3 Å². The Kier molecular flexibility index (Phi) is 6.25. The van der Waals surface area contributed by atoms with Crippen LogP contribution in [0, 0.1) is 0 Å². The fourth-order valence-corrected chi connectivity index (χ4v) is 2.57. The Morgan fingerprint density at radius 1 is 1.20 bits per heavy atom. The third-order valence-corrected chi connectivity index (χ3v) is 3.73. The Labute approximate surface area is 148 Å². The van der Waals surface area contributed by atoms with Crippen molar-refractivity contribution >= 4 is 12.2 Å². The van der Waals surface area contributed by atoms with E-state index in [0.717, 1.165) is 5.56 Å². The molecule has 0 aliphatic carbocycles. The fraction of sp³-hybridized carbons (Fsp3) is 0.556. The predicted octanol–water partition coefficient (Wildman–Crippen LogP) is 2.55.